The Labute approximate surface area is 99.3 Å². The molecule has 92 valence electrons. The van der Waals surface area contributed by atoms with Gasteiger partial charge in [-0.2, -0.15) is 13.2 Å². The number of benzene rings is 1. The van der Waals surface area contributed by atoms with Crippen LogP contribution in [0.15, 0.2) is 29.2 Å². The average Bonchev–Trinajstić information content (AvgIpc) is 2.63. The summed E-state index contributed by atoms with van der Waals surface area (Å²) in [5.74, 6) is 0. The molecule has 17 heavy (non-hydrogen) atoms. The highest BCUT2D eigenvalue weighted by molar-refractivity contribution is 8.00. The maximum atomic E-state index is 12.2. The Hall–Kier alpha value is -1.37. The van der Waals surface area contributed by atoms with Crippen molar-refractivity contribution in [2.75, 3.05) is 6.61 Å². The van der Waals surface area contributed by atoms with Gasteiger partial charge < -0.3 is 10.1 Å². The minimum atomic E-state index is -4.31. The van der Waals surface area contributed by atoms with Crippen LogP contribution in [0.5, 0.6) is 0 Å². The van der Waals surface area contributed by atoms with Crippen LogP contribution in [0.3, 0.4) is 0 Å². The van der Waals surface area contributed by atoms with E-state index >= 15 is 0 Å². The number of rotatable bonds is 2. The van der Waals surface area contributed by atoms with E-state index in [9.17, 15) is 18.0 Å². The first-order chi connectivity index (χ1) is 7.94. The summed E-state index contributed by atoms with van der Waals surface area (Å²) in [7, 11) is 0. The Morgan fingerprint density at radius 3 is 2.76 bits per heavy atom. The Morgan fingerprint density at radius 2 is 2.18 bits per heavy atom. The van der Waals surface area contributed by atoms with Gasteiger partial charge in [0.2, 0.25) is 0 Å². The molecule has 1 unspecified atom stereocenters. The van der Waals surface area contributed by atoms with Gasteiger partial charge in [0.15, 0.2) is 0 Å². The number of carbonyl (C=O) groups excluding carboxylic acids is 1. The molecule has 1 fully saturated rings. The second kappa shape index (κ2) is 4.48. The van der Waals surface area contributed by atoms with Gasteiger partial charge in [-0.25, -0.2) is 4.79 Å². The molecule has 1 saturated heterocycles. The maximum Gasteiger partial charge on any atom is 0.446 e. The van der Waals surface area contributed by atoms with Crippen molar-refractivity contribution in [2.24, 2.45) is 0 Å². The predicted octanol–water partition coefficient (Wildman–Crippen LogP) is 3.08. The number of carbonyl (C=O) groups is 1. The van der Waals surface area contributed by atoms with Gasteiger partial charge in [0, 0.05) is 4.90 Å². The summed E-state index contributed by atoms with van der Waals surface area (Å²) in [6, 6.07) is 5.57. The van der Waals surface area contributed by atoms with Crippen molar-refractivity contribution in [1.29, 1.82) is 0 Å². The van der Waals surface area contributed by atoms with Crippen LogP contribution < -0.4 is 5.32 Å². The minimum absolute atomic E-state index is 0.0937. The molecule has 1 aromatic rings. The fourth-order valence-electron chi connectivity index (χ4n) is 1.49. The Bertz CT molecular complexity index is 436. The van der Waals surface area contributed by atoms with E-state index in [0.717, 1.165) is 0 Å². The molecule has 1 atom stereocenters. The minimum Gasteiger partial charge on any atom is -0.447 e. The van der Waals surface area contributed by atoms with Crippen molar-refractivity contribution in [3.05, 3.63) is 29.8 Å². The zero-order valence-corrected chi connectivity index (χ0v) is 9.27. The summed E-state index contributed by atoms with van der Waals surface area (Å²) in [4.78, 5) is 10.9. The smallest absolute Gasteiger partial charge is 0.446 e. The largest absolute Gasteiger partial charge is 0.447 e. The molecule has 0 spiro atoms. The molecule has 0 aromatic heterocycles. The third kappa shape index (κ3) is 3.29. The van der Waals surface area contributed by atoms with E-state index in [4.69, 9.17) is 0 Å². The van der Waals surface area contributed by atoms with E-state index in [2.05, 4.69) is 10.1 Å². The van der Waals surface area contributed by atoms with Crippen LogP contribution in [-0.2, 0) is 4.74 Å². The van der Waals surface area contributed by atoms with E-state index in [1.807, 2.05) is 0 Å². The third-order valence-electron chi connectivity index (χ3n) is 2.17. The van der Waals surface area contributed by atoms with E-state index in [1.54, 1.807) is 6.07 Å². The van der Waals surface area contributed by atoms with Gasteiger partial charge in [0.25, 0.3) is 0 Å². The summed E-state index contributed by atoms with van der Waals surface area (Å²) in [5, 5.41) is 2.51. The highest BCUT2D eigenvalue weighted by atomic mass is 32.2. The van der Waals surface area contributed by atoms with Gasteiger partial charge >= 0.3 is 11.6 Å². The number of cyclic esters (lactones) is 1. The molecule has 1 N–H and O–H groups in total. The van der Waals surface area contributed by atoms with Crippen LogP contribution in [0.1, 0.15) is 11.6 Å². The lowest BCUT2D eigenvalue weighted by Crippen LogP contribution is -2.18. The fraction of sp³-hybridized carbons (Fsp3) is 0.300. The van der Waals surface area contributed by atoms with Crippen molar-refractivity contribution in [3.8, 4) is 0 Å². The molecule has 2 rings (SSSR count). The van der Waals surface area contributed by atoms with Gasteiger partial charge in [-0.1, -0.05) is 12.1 Å². The lowest BCUT2D eigenvalue weighted by molar-refractivity contribution is -0.0328. The third-order valence-corrected chi connectivity index (χ3v) is 2.89. The molecule has 3 nitrogen and oxygen atoms in total. The lowest BCUT2D eigenvalue weighted by atomic mass is 10.1. The van der Waals surface area contributed by atoms with Crippen molar-refractivity contribution in [2.45, 2.75) is 16.4 Å². The molecule has 0 bridgehead atoms. The number of thioether (sulfide) groups is 1. The van der Waals surface area contributed by atoms with Gasteiger partial charge in [-0.15, -0.1) is 0 Å². The number of alkyl halides is 3. The summed E-state index contributed by atoms with van der Waals surface area (Å²) in [6.07, 6.45) is -0.552. The van der Waals surface area contributed by atoms with Crippen LogP contribution >= 0.6 is 11.8 Å². The van der Waals surface area contributed by atoms with Gasteiger partial charge in [-0.05, 0) is 29.5 Å². The first kappa shape index (κ1) is 12.1. The molecular formula is C10H8F3NO2S. The molecule has 0 radical (unpaired) electrons. The van der Waals surface area contributed by atoms with Gasteiger partial charge in [0.1, 0.15) is 6.61 Å². The molecule has 1 aliphatic rings. The number of ether oxygens (including phenoxy) is 1. The average molecular weight is 263 g/mol. The second-order valence-corrected chi connectivity index (χ2v) is 4.55. The van der Waals surface area contributed by atoms with Crippen molar-refractivity contribution in [1.82, 2.24) is 5.32 Å². The van der Waals surface area contributed by atoms with Crippen molar-refractivity contribution < 1.29 is 22.7 Å². The van der Waals surface area contributed by atoms with Crippen molar-refractivity contribution in [3.63, 3.8) is 0 Å². The molecule has 1 heterocycles. The van der Waals surface area contributed by atoms with E-state index in [1.165, 1.54) is 18.2 Å². The van der Waals surface area contributed by atoms with Crippen LogP contribution in [0, 0.1) is 0 Å². The van der Waals surface area contributed by atoms with E-state index < -0.39 is 11.6 Å². The zero-order chi connectivity index (χ0) is 12.5. The molecule has 0 saturated carbocycles. The number of nitrogens with one attached hydrogen (secondary N) is 1. The van der Waals surface area contributed by atoms with E-state index in [-0.39, 0.29) is 29.3 Å². The number of hydrogen-bond donors (Lipinski definition) is 1. The summed E-state index contributed by atoms with van der Waals surface area (Å²) in [6.45, 7) is 0.138. The van der Waals surface area contributed by atoms with Crippen molar-refractivity contribution >= 4 is 17.9 Å². The Balaban J connectivity index is 2.14. The SMILES string of the molecule is O=C1NC(c2cccc(SC(F)(F)F)c2)CO1. The zero-order valence-electron chi connectivity index (χ0n) is 8.45. The summed E-state index contributed by atoms with van der Waals surface area (Å²) >= 11 is -0.179. The van der Waals surface area contributed by atoms with E-state index in [0.29, 0.717) is 5.56 Å². The standard InChI is InChI=1S/C10H8F3NO2S/c11-10(12,13)17-7-3-1-2-6(4-7)8-5-16-9(15)14-8/h1-4,8H,5H2,(H,14,15). The monoisotopic (exact) mass is 263 g/mol. The topological polar surface area (TPSA) is 38.3 Å². The van der Waals surface area contributed by atoms with Gasteiger partial charge in [0.05, 0.1) is 6.04 Å². The quantitative estimate of drug-likeness (QED) is 0.833. The summed E-state index contributed by atoms with van der Waals surface area (Å²) < 4.78 is 41.2. The molecule has 0 aliphatic carbocycles. The molecule has 1 aliphatic heterocycles. The Morgan fingerprint density at radius 1 is 1.41 bits per heavy atom. The lowest BCUT2D eigenvalue weighted by Gasteiger charge is -2.10. The highest BCUT2D eigenvalue weighted by Crippen LogP contribution is 2.37. The highest BCUT2D eigenvalue weighted by Gasteiger charge is 2.30. The van der Waals surface area contributed by atoms with Crippen LogP contribution in [0.25, 0.3) is 0 Å². The first-order valence-electron chi connectivity index (χ1n) is 4.73. The van der Waals surface area contributed by atoms with Crippen LogP contribution in [-0.4, -0.2) is 18.2 Å². The molecule has 1 aromatic carbocycles. The maximum absolute atomic E-state index is 12.2. The summed E-state index contributed by atoms with van der Waals surface area (Å²) in [5.41, 5.74) is -3.71. The molecule has 7 heteroatoms. The number of hydrogen-bond acceptors (Lipinski definition) is 3. The normalized spacial score (nSPS) is 19.9. The molecule has 1 amide bonds. The number of halogens is 3. The van der Waals surface area contributed by atoms with Crippen LogP contribution in [0.4, 0.5) is 18.0 Å². The van der Waals surface area contributed by atoms with Gasteiger partial charge in [-0.3, -0.25) is 0 Å². The number of amides is 1. The fourth-order valence-corrected chi connectivity index (χ4v) is 2.10. The van der Waals surface area contributed by atoms with Crippen LogP contribution in [0.2, 0.25) is 0 Å². The first-order valence-corrected chi connectivity index (χ1v) is 5.55. The Kier molecular flexibility index (Phi) is 3.19. The second-order valence-electron chi connectivity index (χ2n) is 3.42. The number of alkyl carbamates (subject to hydrolysis) is 1. The molecular weight excluding hydrogens is 255 g/mol. The predicted molar refractivity (Wildman–Crippen MR) is 55.6 cm³/mol.